The molecule has 1 saturated heterocycles. The number of para-hydroxylation sites is 1. The molecule has 0 atom stereocenters. The molecule has 0 N–H and O–H groups in total. The number of hydrogen-bond donors (Lipinski definition) is 0. The molecule has 30 heavy (non-hydrogen) atoms. The van der Waals surface area contributed by atoms with Crippen LogP contribution in [0.1, 0.15) is 42.4 Å². The number of carbonyl (C=O) groups excluding carboxylic acids is 1. The Kier molecular flexibility index (Phi) is 5.85. The lowest BCUT2D eigenvalue weighted by molar-refractivity contribution is -0.116. The normalized spacial score (nSPS) is 20.8. The molecule has 0 unspecified atom stereocenters. The zero-order valence-corrected chi connectivity index (χ0v) is 18.3. The Morgan fingerprint density at radius 2 is 1.63 bits per heavy atom. The zero-order chi connectivity index (χ0) is 20.4. The van der Waals surface area contributed by atoms with Crippen LogP contribution in [0, 0.1) is 0 Å². The monoisotopic (exact) mass is 422 g/mol. The number of rotatable bonds is 5. The van der Waals surface area contributed by atoms with Gasteiger partial charge in [-0.15, -0.1) is 11.8 Å². The number of hydrogen-bond acceptors (Lipinski definition) is 4. The van der Waals surface area contributed by atoms with Crippen molar-refractivity contribution >= 4 is 23.4 Å². The second kappa shape index (κ2) is 8.74. The highest BCUT2D eigenvalue weighted by atomic mass is 32.2. The number of anilines is 1. The molecular formula is C25H30N2O2S. The maximum Gasteiger partial charge on any atom is 0.236 e. The van der Waals surface area contributed by atoms with Crippen LogP contribution in [0.15, 0.2) is 48.5 Å². The van der Waals surface area contributed by atoms with Crippen molar-refractivity contribution < 1.29 is 9.53 Å². The van der Waals surface area contributed by atoms with Crippen molar-refractivity contribution in [2.75, 3.05) is 36.8 Å². The summed E-state index contributed by atoms with van der Waals surface area (Å²) in [6, 6.07) is 17.1. The van der Waals surface area contributed by atoms with Crippen LogP contribution in [0.2, 0.25) is 0 Å². The van der Waals surface area contributed by atoms with Crippen LogP contribution in [0.5, 0.6) is 0 Å². The number of fused-ring (bicyclic) bond motifs is 3. The van der Waals surface area contributed by atoms with Crippen LogP contribution in [0.3, 0.4) is 0 Å². The predicted molar refractivity (Wildman–Crippen MR) is 123 cm³/mol. The summed E-state index contributed by atoms with van der Waals surface area (Å²) in [5.41, 5.74) is 5.13. The van der Waals surface area contributed by atoms with Gasteiger partial charge in [0.2, 0.25) is 5.91 Å². The number of likely N-dealkylation sites (tertiary alicyclic amines) is 1. The SMILES string of the molecule is O=C1CSCc2ccccc2N1CCCCN1CCC2(CC1)OCc1ccccc12. The Labute approximate surface area is 183 Å². The number of thioether (sulfide) groups is 1. The molecule has 0 saturated carbocycles. The predicted octanol–water partition coefficient (Wildman–Crippen LogP) is 4.57. The molecule has 0 aliphatic carbocycles. The molecular weight excluding hydrogens is 392 g/mol. The molecule has 2 aromatic carbocycles. The summed E-state index contributed by atoms with van der Waals surface area (Å²) in [5.74, 6) is 1.77. The van der Waals surface area contributed by atoms with E-state index in [1.165, 1.54) is 16.7 Å². The summed E-state index contributed by atoms with van der Waals surface area (Å²) in [6.07, 6.45) is 4.34. The van der Waals surface area contributed by atoms with Crippen LogP contribution < -0.4 is 4.90 Å². The van der Waals surface area contributed by atoms with Gasteiger partial charge in [-0.2, -0.15) is 0 Å². The Morgan fingerprint density at radius 1 is 0.900 bits per heavy atom. The number of benzene rings is 2. The number of carbonyl (C=O) groups is 1. The van der Waals surface area contributed by atoms with Gasteiger partial charge in [0.15, 0.2) is 0 Å². The van der Waals surface area contributed by atoms with E-state index in [0.29, 0.717) is 5.75 Å². The van der Waals surface area contributed by atoms with Gasteiger partial charge in [0.1, 0.15) is 0 Å². The van der Waals surface area contributed by atoms with E-state index in [-0.39, 0.29) is 11.5 Å². The fourth-order valence-electron chi connectivity index (χ4n) is 5.14. The Morgan fingerprint density at radius 3 is 2.50 bits per heavy atom. The number of unbranched alkanes of at least 4 members (excludes halogenated alkanes) is 1. The maximum atomic E-state index is 12.6. The summed E-state index contributed by atoms with van der Waals surface area (Å²) >= 11 is 1.73. The van der Waals surface area contributed by atoms with E-state index in [2.05, 4.69) is 47.4 Å². The fourth-order valence-corrected chi connectivity index (χ4v) is 6.04. The van der Waals surface area contributed by atoms with Crippen LogP contribution in [0.4, 0.5) is 5.69 Å². The van der Waals surface area contributed by atoms with E-state index >= 15 is 0 Å². The first kappa shape index (κ1) is 20.1. The Balaban J connectivity index is 1.12. The van der Waals surface area contributed by atoms with Gasteiger partial charge in [-0.05, 0) is 55.0 Å². The van der Waals surface area contributed by atoms with Gasteiger partial charge in [0.05, 0.1) is 18.0 Å². The first-order chi connectivity index (χ1) is 14.8. The number of amides is 1. The van der Waals surface area contributed by atoms with Crippen LogP contribution in [-0.2, 0) is 27.5 Å². The van der Waals surface area contributed by atoms with E-state index in [0.717, 1.165) is 69.9 Å². The van der Waals surface area contributed by atoms with Gasteiger partial charge in [0, 0.05) is 31.1 Å². The van der Waals surface area contributed by atoms with Gasteiger partial charge in [-0.25, -0.2) is 0 Å². The lowest BCUT2D eigenvalue weighted by Gasteiger charge is -2.39. The van der Waals surface area contributed by atoms with Gasteiger partial charge < -0.3 is 14.5 Å². The quantitative estimate of drug-likeness (QED) is 0.661. The second-order valence-corrected chi connectivity index (χ2v) is 9.64. The van der Waals surface area contributed by atoms with Crippen molar-refractivity contribution in [1.29, 1.82) is 0 Å². The molecule has 3 aliphatic rings. The first-order valence-corrected chi connectivity index (χ1v) is 12.3. The van der Waals surface area contributed by atoms with Crippen LogP contribution in [0.25, 0.3) is 0 Å². The Bertz CT molecular complexity index is 908. The third-order valence-electron chi connectivity index (χ3n) is 6.85. The minimum atomic E-state index is -0.0487. The lowest BCUT2D eigenvalue weighted by Crippen LogP contribution is -2.43. The molecule has 0 radical (unpaired) electrons. The number of ether oxygens (including phenoxy) is 1. The molecule has 5 heteroatoms. The standard InChI is InChI=1S/C25H30N2O2S/c28-24-19-30-18-21-8-2-4-10-23(21)27(24)14-6-5-13-26-15-11-25(12-16-26)22-9-3-1-7-20(22)17-29-25/h1-4,7-10H,5-6,11-19H2. The lowest BCUT2D eigenvalue weighted by atomic mass is 9.84. The van der Waals surface area contributed by atoms with Gasteiger partial charge in [-0.3, -0.25) is 4.79 Å². The van der Waals surface area contributed by atoms with E-state index < -0.39 is 0 Å². The van der Waals surface area contributed by atoms with Crippen molar-refractivity contribution in [3.05, 3.63) is 65.2 Å². The zero-order valence-electron chi connectivity index (χ0n) is 17.5. The average molecular weight is 423 g/mol. The molecule has 158 valence electrons. The maximum absolute atomic E-state index is 12.6. The summed E-state index contributed by atoms with van der Waals surface area (Å²) in [7, 11) is 0. The van der Waals surface area contributed by atoms with Gasteiger partial charge in [0.25, 0.3) is 0 Å². The molecule has 0 aromatic heterocycles. The molecule has 2 aromatic rings. The summed E-state index contributed by atoms with van der Waals surface area (Å²) < 4.78 is 6.29. The molecule has 3 heterocycles. The number of nitrogens with zero attached hydrogens (tertiary/aromatic N) is 2. The molecule has 0 bridgehead atoms. The first-order valence-electron chi connectivity index (χ1n) is 11.2. The Hall–Kier alpha value is -1.82. The van der Waals surface area contributed by atoms with Crippen LogP contribution in [-0.4, -0.2) is 42.7 Å². The molecule has 1 amide bonds. The molecule has 1 fully saturated rings. The minimum absolute atomic E-state index is 0.0487. The van der Waals surface area contributed by atoms with Crippen molar-refractivity contribution in [3.8, 4) is 0 Å². The fraction of sp³-hybridized carbons (Fsp3) is 0.480. The largest absolute Gasteiger partial charge is 0.365 e. The molecule has 3 aliphatic heterocycles. The van der Waals surface area contributed by atoms with Crippen molar-refractivity contribution in [1.82, 2.24) is 4.90 Å². The second-order valence-electron chi connectivity index (χ2n) is 8.66. The van der Waals surface area contributed by atoms with Crippen LogP contribution >= 0.6 is 11.8 Å². The number of piperidine rings is 1. The topological polar surface area (TPSA) is 32.8 Å². The summed E-state index contributed by atoms with van der Waals surface area (Å²) in [4.78, 5) is 17.2. The van der Waals surface area contributed by atoms with Crippen molar-refractivity contribution in [3.63, 3.8) is 0 Å². The van der Waals surface area contributed by atoms with E-state index in [4.69, 9.17) is 4.74 Å². The molecule has 5 rings (SSSR count). The molecule has 4 nitrogen and oxygen atoms in total. The van der Waals surface area contributed by atoms with Crippen molar-refractivity contribution in [2.24, 2.45) is 0 Å². The minimum Gasteiger partial charge on any atom is -0.365 e. The van der Waals surface area contributed by atoms with Gasteiger partial charge in [-0.1, -0.05) is 42.5 Å². The smallest absolute Gasteiger partial charge is 0.236 e. The summed E-state index contributed by atoms with van der Waals surface area (Å²) in [6.45, 7) is 4.88. The third-order valence-corrected chi connectivity index (χ3v) is 7.81. The molecule has 1 spiro atoms. The van der Waals surface area contributed by atoms with E-state index in [1.54, 1.807) is 11.8 Å². The highest BCUT2D eigenvalue weighted by molar-refractivity contribution is 7.99. The third kappa shape index (κ3) is 3.91. The van der Waals surface area contributed by atoms with E-state index in [1.807, 2.05) is 11.0 Å². The van der Waals surface area contributed by atoms with Crippen molar-refractivity contribution in [2.45, 2.75) is 43.6 Å². The average Bonchev–Trinajstić information content (AvgIpc) is 3.05. The highest BCUT2D eigenvalue weighted by Gasteiger charge is 2.42. The highest BCUT2D eigenvalue weighted by Crippen LogP contribution is 2.44. The van der Waals surface area contributed by atoms with Gasteiger partial charge >= 0.3 is 0 Å². The summed E-state index contributed by atoms with van der Waals surface area (Å²) in [5, 5.41) is 0. The van der Waals surface area contributed by atoms with E-state index in [9.17, 15) is 4.79 Å².